The van der Waals surface area contributed by atoms with Crippen LogP contribution in [0.25, 0.3) is 0 Å². The van der Waals surface area contributed by atoms with Crippen LogP contribution in [-0.4, -0.2) is 33.7 Å². The molecule has 0 aromatic carbocycles. The highest BCUT2D eigenvalue weighted by Gasteiger charge is 2.12. The van der Waals surface area contributed by atoms with Crippen LogP contribution in [0.15, 0.2) is 22.0 Å². The monoisotopic (exact) mass is 239 g/mol. The minimum Gasteiger partial charge on any atom is -0.478 e. The largest absolute Gasteiger partial charge is 0.478 e. The lowest BCUT2D eigenvalue weighted by Crippen LogP contribution is -2.27. The number of hydrogen-bond donors (Lipinski definition) is 2. The van der Waals surface area contributed by atoms with Crippen LogP contribution in [0.2, 0.25) is 0 Å². The lowest BCUT2D eigenvalue weighted by atomic mass is 10.1. The second-order valence-electron chi connectivity index (χ2n) is 3.40. The fourth-order valence-electron chi connectivity index (χ4n) is 1.05. The number of aliphatic carboxylic acids is 1. The quantitative estimate of drug-likeness (QED) is 0.708. The molecule has 0 unspecified atom stereocenters. The Labute approximate surface area is 97.5 Å². The Morgan fingerprint density at radius 3 is 2.65 bits per heavy atom. The number of carbonyl (C=O) groups is 2. The summed E-state index contributed by atoms with van der Waals surface area (Å²) >= 11 is 0. The molecule has 1 heterocycles. The van der Waals surface area contributed by atoms with Gasteiger partial charge in [0.05, 0.1) is 0 Å². The Morgan fingerprint density at radius 1 is 1.41 bits per heavy atom. The van der Waals surface area contributed by atoms with Gasteiger partial charge in [0.1, 0.15) is 0 Å². The molecule has 1 amide bonds. The third kappa shape index (κ3) is 3.71. The van der Waals surface area contributed by atoms with E-state index in [9.17, 15) is 9.59 Å². The number of carbonyl (C=O) groups excluding carboxylic acids is 1. The van der Waals surface area contributed by atoms with Crippen molar-refractivity contribution in [3.05, 3.63) is 23.4 Å². The molecule has 0 aliphatic rings. The lowest BCUT2D eigenvalue weighted by Gasteiger charge is -2.05. The number of aromatic nitrogens is 2. The molecule has 92 valence electrons. The van der Waals surface area contributed by atoms with Crippen LogP contribution < -0.4 is 5.32 Å². The molecular formula is C10H13N3O4. The summed E-state index contributed by atoms with van der Waals surface area (Å²) in [5.74, 6) is -1.10. The fourth-order valence-corrected chi connectivity index (χ4v) is 1.05. The van der Waals surface area contributed by atoms with E-state index in [2.05, 4.69) is 15.5 Å². The van der Waals surface area contributed by atoms with E-state index in [4.69, 9.17) is 9.63 Å². The molecule has 1 aromatic rings. The van der Waals surface area contributed by atoms with Crippen molar-refractivity contribution in [2.45, 2.75) is 20.3 Å². The predicted octanol–water partition coefficient (Wildman–Crippen LogP) is 0.149. The summed E-state index contributed by atoms with van der Waals surface area (Å²) in [7, 11) is 0. The van der Waals surface area contributed by atoms with E-state index >= 15 is 0 Å². The molecule has 0 radical (unpaired) electrons. The molecule has 2 N–H and O–H groups in total. The minimum absolute atomic E-state index is 0.0280. The number of hydrogen-bond acceptors (Lipinski definition) is 5. The van der Waals surface area contributed by atoms with Crippen LogP contribution in [0.4, 0.5) is 0 Å². The summed E-state index contributed by atoms with van der Waals surface area (Å²) in [6.45, 7) is 3.16. The zero-order valence-electron chi connectivity index (χ0n) is 9.56. The van der Waals surface area contributed by atoms with Crippen molar-refractivity contribution in [3.8, 4) is 0 Å². The summed E-state index contributed by atoms with van der Waals surface area (Å²) < 4.78 is 4.74. The molecule has 0 saturated heterocycles. The average Bonchev–Trinajstić information content (AvgIpc) is 2.79. The Balaban J connectivity index is 2.45. The molecule has 0 spiro atoms. The van der Waals surface area contributed by atoms with Crippen LogP contribution in [-0.2, 0) is 16.0 Å². The van der Waals surface area contributed by atoms with Crippen LogP contribution in [0.3, 0.4) is 0 Å². The molecule has 7 nitrogen and oxygen atoms in total. The van der Waals surface area contributed by atoms with Crippen molar-refractivity contribution in [3.63, 3.8) is 0 Å². The van der Waals surface area contributed by atoms with Gasteiger partial charge in [-0.3, -0.25) is 4.79 Å². The molecule has 17 heavy (non-hydrogen) atoms. The van der Waals surface area contributed by atoms with Crippen LogP contribution in [0.5, 0.6) is 0 Å². The third-order valence-corrected chi connectivity index (χ3v) is 2.26. The van der Waals surface area contributed by atoms with Gasteiger partial charge in [0.2, 0.25) is 11.8 Å². The van der Waals surface area contributed by atoms with E-state index in [1.807, 2.05) is 0 Å². The summed E-state index contributed by atoms with van der Waals surface area (Å²) in [6, 6.07) is 0. The Bertz CT molecular complexity index is 436. The van der Waals surface area contributed by atoms with Gasteiger partial charge in [0, 0.05) is 24.1 Å². The number of rotatable bonds is 5. The number of carboxylic acids is 1. The van der Waals surface area contributed by atoms with Gasteiger partial charge < -0.3 is 14.9 Å². The summed E-state index contributed by atoms with van der Waals surface area (Å²) in [6.07, 6.45) is 1.68. The highest BCUT2D eigenvalue weighted by atomic mass is 16.5. The molecule has 0 saturated carbocycles. The van der Waals surface area contributed by atoms with Gasteiger partial charge in [0.25, 0.3) is 0 Å². The number of carboxylic acid groups (broad SMARTS) is 1. The van der Waals surface area contributed by atoms with Gasteiger partial charge in [-0.1, -0.05) is 5.16 Å². The first-order valence-corrected chi connectivity index (χ1v) is 4.97. The van der Waals surface area contributed by atoms with Gasteiger partial charge >= 0.3 is 5.97 Å². The number of nitrogens with zero attached hydrogens (tertiary/aromatic N) is 2. The summed E-state index contributed by atoms with van der Waals surface area (Å²) in [5, 5.41) is 14.7. The van der Waals surface area contributed by atoms with Crippen molar-refractivity contribution in [2.75, 3.05) is 6.54 Å². The van der Waals surface area contributed by atoms with Gasteiger partial charge in [-0.05, 0) is 13.8 Å². The summed E-state index contributed by atoms with van der Waals surface area (Å²) in [4.78, 5) is 25.9. The Morgan fingerprint density at radius 2 is 2.12 bits per heavy atom. The third-order valence-electron chi connectivity index (χ3n) is 2.26. The first-order valence-electron chi connectivity index (χ1n) is 4.97. The van der Waals surface area contributed by atoms with Crippen molar-refractivity contribution in [2.24, 2.45) is 0 Å². The van der Waals surface area contributed by atoms with Crippen molar-refractivity contribution >= 4 is 11.9 Å². The maximum atomic E-state index is 11.5. The smallest absolute Gasteiger partial charge is 0.331 e. The van der Waals surface area contributed by atoms with Gasteiger partial charge in [-0.15, -0.1) is 0 Å². The van der Waals surface area contributed by atoms with E-state index in [1.54, 1.807) is 0 Å². The zero-order chi connectivity index (χ0) is 12.8. The molecule has 7 heteroatoms. The molecule has 1 rings (SSSR count). The SMILES string of the molecule is CC(C(=O)O)=C(C)C(=O)NCCc1ncno1. The Kier molecular flexibility index (Phi) is 4.38. The molecule has 0 atom stereocenters. The highest BCUT2D eigenvalue weighted by Crippen LogP contribution is 2.03. The average molecular weight is 239 g/mol. The van der Waals surface area contributed by atoms with E-state index in [1.165, 1.54) is 20.2 Å². The van der Waals surface area contributed by atoms with Crippen molar-refractivity contribution < 1.29 is 19.2 Å². The standard InChI is InChI=1S/C10H13N3O4/c1-6(7(2)10(15)16)9(14)11-4-3-8-12-5-13-17-8/h5H,3-4H2,1-2H3,(H,11,14)(H,15,16). The predicted molar refractivity (Wildman–Crippen MR) is 57.0 cm³/mol. The maximum absolute atomic E-state index is 11.5. The van der Waals surface area contributed by atoms with E-state index in [0.717, 1.165) is 0 Å². The molecule has 1 aromatic heterocycles. The number of amides is 1. The van der Waals surface area contributed by atoms with Crippen LogP contribution in [0, 0.1) is 0 Å². The maximum Gasteiger partial charge on any atom is 0.331 e. The highest BCUT2D eigenvalue weighted by molar-refractivity contribution is 6.01. The molecular weight excluding hydrogens is 226 g/mol. The van der Waals surface area contributed by atoms with Gasteiger partial charge in [-0.25, -0.2) is 4.79 Å². The minimum atomic E-state index is -1.10. The van der Waals surface area contributed by atoms with E-state index < -0.39 is 11.9 Å². The molecule has 0 bridgehead atoms. The molecule has 0 aliphatic heterocycles. The zero-order valence-corrected chi connectivity index (χ0v) is 9.56. The van der Waals surface area contributed by atoms with Gasteiger partial charge in [-0.2, -0.15) is 4.98 Å². The summed E-state index contributed by atoms with van der Waals surface area (Å²) in [5.41, 5.74) is 0.211. The molecule has 0 aliphatic carbocycles. The van der Waals surface area contributed by atoms with E-state index in [-0.39, 0.29) is 11.1 Å². The second-order valence-corrected chi connectivity index (χ2v) is 3.40. The van der Waals surface area contributed by atoms with Crippen molar-refractivity contribution in [1.29, 1.82) is 0 Å². The van der Waals surface area contributed by atoms with Crippen molar-refractivity contribution in [1.82, 2.24) is 15.5 Å². The fraction of sp³-hybridized carbons (Fsp3) is 0.400. The van der Waals surface area contributed by atoms with E-state index in [0.29, 0.717) is 18.9 Å². The number of nitrogens with one attached hydrogen (secondary N) is 1. The lowest BCUT2D eigenvalue weighted by molar-refractivity contribution is -0.133. The Hall–Kier alpha value is -2.18. The first kappa shape index (κ1) is 12.9. The first-order chi connectivity index (χ1) is 8.02. The second kappa shape index (κ2) is 5.78. The van der Waals surface area contributed by atoms with Crippen LogP contribution in [0.1, 0.15) is 19.7 Å². The molecule has 0 fully saturated rings. The topological polar surface area (TPSA) is 105 Å². The normalized spacial score (nSPS) is 11.9. The van der Waals surface area contributed by atoms with Crippen LogP contribution >= 0.6 is 0 Å². The van der Waals surface area contributed by atoms with Gasteiger partial charge in [0.15, 0.2) is 6.33 Å².